The zero-order chi connectivity index (χ0) is 14.7. The maximum absolute atomic E-state index is 4.99. The lowest BCUT2D eigenvalue weighted by Gasteiger charge is -2.30. The molecule has 0 fully saturated rings. The van der Waals surface area contributed by atoms with Gasteiger partial charge in [0.25, 0.3) is 0 Å². The van der Waals surface area contributed by atoms with Gasteiger partial charge in [0.1, 0.15) is 0 Å². The average Bonchev–Trinajstić information content (AvgIpc) is 2.35. The highest BCUT2D eigenvalue weighted by atomic mass is 16.5. The van der Waals surface area contributed by atoms with Crippen LogP contribution in [0.1, 0.15) is 34.1 Å². The smallest absolute Gasteiger partial charge is 0.191 e. The number of hydrogen-bond donors (Lipinski definition) is 2. The summed E-state index contributed by atoms with van der Waals surface area (Å²) < 4.78 is 4.99. The van der Waals surface area contributed by atoms with Crippen LogP contribution in [0.3, 0.4) is 0 Å². The molecule has 114 valence electrons. The fraction of sp³-hybridized carbons (Fsp3) is 0.929. The van der Waals surface area contributed by atoms with E-state index in [0.717, 1.165) is 32.0 Å². The fourth-order valence-corrected chi connectivity index (χ4v) is 2.07. The molecule has 0 bridgehead atoms. The van der Waals surface area contributed by atoms with Crippen LogP contribution in [0.25, 0.3) is 0 Å². The number of nitrogens with zero attached hydrogens (tertiary/aromatic N) is 2. The van der Waals surface area contributed by atoms with Crippen molar-refractivity contribution >= 4 is 5.96 Å². The van der Waals surface area contributed by atoms with Gasteiger partial charge in [0.05, 0.1) is 6.61 Å². The van der Waals surface area contributed by atoms with E-state index < -0.39 is 0 Å². The summed E-state index contributed by atoms with van der Waals surface area (Å²) in [6.45, 7) is 12.5. The third-order valence-electron chi connectivity index (χ3n) is 3.03. The SMILES string of the molecule is CN=C(NCCCN(C(C)C)C(C)C)NCCOC. The molecule has 19 heavy (non-hydrogen) atoms. The van der Waals surface area contributed by atoms with Gasteiger partial charge in [-0.1, -0.05) is 0 Å². The molecule has 0 aliphatic rings. The van der Waals surface area contributed by atoms with Gasteiger partial charge in [-0.25, -0.2) is 0 Å². The molecule has 2 N–H and O–H groups in total. The van der Waals surface area contributed by atoms with E-state index in [4.69, 9.17) is 4.74 Å². The number of ether oxygens (including phenoxy) is 1. The molecule has 0 saturated heterocycles. The lowest BCUT2D eigenvalue weighted by atomic mass is 10.2. The van der Waals surface area contributed by atoms with Crippen molar-refractivity contribution in [3.05, 3.63) is 0 Å². The van der Waals surface area contributed by atoms with Crippen LogP contribution in [0.4, 0.5) is 0 Å². The Morgan fingerprint density at radius 1 is 1.11 bits per heavy atom. The molecule has 0 saturated carbocycles. The third kappa shape index (κ3) is 8.83. The van der Waals surface area contributed by atoms with Crippen LogP contribution in [-0.2, 0) is 4.74 Å². The van der Waals surface area contributed by atoms with Crippen molar-refractivity contribution in [1.29, 1.82) is 0 Å². The molecule has 5 heteroatoms. The highest BCUT2D eigenvalue weighted by Gasteiger charge is 2.12. The molecule has 0 atom stereocenters. The molecule has 0 aromatic heterocycles. The second kappa shape index (κ2) is 11.1. The van der Waals surface area contributed by atoms with E-state index in [1.165, 1.54) is 0 Å². The van der Waals surface area contributed by atoms with Gasteiger partial charge in [-0.3, -0.25) is 9.89 Å². The summed E-state index contributed by atoms with van der Waals surface area (Å²) in [6, 6.07) is 1.19. The summed E-state index contributed by atoms with van der Waals surface area (Å²) >= 11 is 0. The quantitative estimate of drug-likeness (QED) is 0.377. The first-order valence-corrected chi connectivity index (χ1v) is 7.22. The van der Waals surface area contributed by atoms with Gasteiger partial charge in [0.2, 0.25) is 0 Å². The second-order valence-electron chi connectivity index (χ2n) is 5.20. The van der Waals surface area contributed by atoms with Crippen molar-refractivity contribution in [3.8, 4) is 0 Å². The Balaban J connectivity index is 3.82. The number of aliphatic imine (C=N–C) groups is 1. The van der Waals surface area contributed by atoms with Crippen LogP contribution in [-0.4, -0.2) is 63.3 Å². The van der Waals surface area contributed by atoms with Crippen LogP contribution in [0.5, 0.6) is 0 Å². The van der Waals surface area contributed by atoms with Gasteiger partial charge in [-0.05, 0) is 34.1 Å². The summed E-state index contributed by atoms with van der Waals surface area (Å²) in [5, 5.41) is 6.52. The van der Waals surface area contributed by atoms with Gasteiger partial charge in [-0.2, -0.15) is 0 Å². The predicted molar refractivity (Wildman–Crippen MR) is 82.8 cm³/mol. The largest absolute Gasteiger partial charge is 0.383 e. The number of rotatable bonds is 9. The van der Waals surface area contributed by atoms with Gasteiger partial charge in [0.15, 0.2) is 5.96 Å². The Kier molecular flexibility index (Phi) is 10.6. The molecular weight excluding hydrogens is 240 g/mol. The first kappa shape index (κ1) is 18.2. The summed E-state index contributed by atoms with van der Waals surface area (Å²) in [7, 11) is 3.49. The molecule has 0 radical (unpaired) electrons. The van der Waals surface area contributed by atoms with Crippen molar-refractivity contribution in [2.75, 3.05) is 40.4 Å². The molecule has 0 amide bonds. The fourth-order valence-electron chi connectivity index (χ4n) is 2.07. The third-order valence-corrected chi connectivity index (χ3v) is 3.03. The maximum atomic E-state index is 4.99. The van der Waals surface area contributed by atoms with E-state index in [1.807, 2.05) is 0 Å². The van der Waals surface area contributed by atoms with Gasteiger partial charge >= 0.3 is 0 Å². The Bertz CT molecular complexity index is 234. The molecule has 0 aromatic carbocycles. The maximum Gasteiger partial charge on any atom is 0.191 e. The monoisotopic (exact) mass is 272 g/mol. The molecule has 0 spiro atoms. The van der Waals surface area contributed by atoms with Crippen LogP contribution in [0.2, 0.25) is 0 Å². The van der Waals surface area contributed by atoms with E-state index >= 15 is 0 Å². The van der Waals surface area contributed by atoms with Crippen LogP contribution >= 0.6 is 0 Å². The standard InChI is InChI=1S/C14H32N4O/c1-12(2)18(13(3)4)10-7-8-16-14(15-5)17-9-11-19-6/h12-13H,7-11H2,1-6H3,(H2,15,16,17). The van der Waals surface area contributed by atoms with E-state index in [0.29, 0.717) is 18.7 Å². The first-order valence-electron chi connectivity index (χ1n) is 7.22. The molecule has 0 aliphatic carbocycles. The minimum absolute atomic E-state index is 0.596. The van der Waals surface area contributed by atoms with Gasteiger partial charge < -0.3 is 15.4 Å². The number of methoxy groups -OCH3 is 1. The zero-order valence-corrected chi connectivity index (χ0v) is 13.5. The number of nitrogens with one attached hydrogen (secondary N) is 2. The van der Waals surface area contributed by atoms with Crippen LogP contribution < -0.4 is 10.6 Å². The van der Waals surface area contributed by atoms with Crippen molar-refractivity contribution in [1.82, 2.24) is 15.5 Å². The topological polar surface area (TPSA) is 48.9 Å². The normalized spacial score (nSPS) is 12.6. The first-order chi connectivity index (χ1) is 9.02. The van der Waals surface area contributed by atoms with E-state index in [1.54, 1.807) is 14.2 Å². The summed E-state index contributed by atoms with van der Waals surface area (Å²) in [4.78, 5) is 6.67. The Hall–Kier alpha value is -0.810. The number of hydrogen-bond acceptors (Lipinski definition) is 3. The minimum Gasteiger partial charge on any atom is -0.383 e. The molecule has 0 heterocycles. The molecular formula is C14H32N4O. The van der Waals surface area contributed by atoms with E-state index in [9.17, 15) is 0 Å². The van der Waals surface area contributed by atoms with Crippen molar-refractivity contribution in [3.63, 3.8) is 0 Å². The molecule has 0 unspecified atom stereocenters. The molecule has 0 aromatic rings. The van der Waals surface area contributed by atoms with Crippen LogP contribution in [0, 0.1) is 0 Å². The predicted octanol–water partition coefficient (Wildman–Crippen LogP) is 1.31. The minimum atomic E-state index is 0.596. The molecule has 5 nitrogen and oxygen atoms in total. The van der Waals surface area contributed by atoms with Crippen molar-refractivity contribution < 1.29 is 4.74 Å². The average molecular weight is 272 g/mol. The van der Waals surface area contributed by atoms with Gasteiger partial charge in [0, 0.05) is 45.9 Å². The van der Waals surface area contributed by atoms with E-state index in [-0.39, 0.29) is 0 Å². The molecule has 0 aliphatic heterocycles. The highest BCUT2D eigenvalue weighted by molar-refractivity contribution is 5.79. The lowest BCUT2D eigenvalue weighted by Crippen LogP contribution is -2.42. The van der Waals surface area contributed by atoms with Crippen molar-refractivity contribution in [2.45, 2.75) is 46.2 Å². The van der Waals surface area contributed by atoms with Gasteiger partial charge in [-0.15, -0.1) is 0 Å². The highest BCUT2D eigenvalue weighted by Crippen LogP contribution is 2.05. The second-order valence-corrected chi connectivity index (χ2v) is 5.20. The lowest BCUT2D eigenvalue weighted by molar-refractivity contribution is 0.173. The Morgan fingerprint density at radius 2 is 1.68 bits per heavy atom. The summed E-state index contributed by atoms with van der Waals surface area (Å²) in [5.74, 6) is 0.845. The summed E-state index contributed by atoms with van der Waals surface area (Å²) in [6.07, 6.45) is 1.11. The van der Waals surface area contributed by atoms with Crippen LogP contribution in [0.15, 0.2) is 4.99 Å². The Morgan fingerprint density at radius 3 is 2.16 bits per heavy atom. The van der Waals surface area contributed by atoms with Crippen molar-refractivity contribution in [2.24, 2.45) is 4.99 Å². The van der Waals surface area contributed by atoms with E-state index in [2.05, 4.69) is 48.2 Å². The zero-order valence-electron chi connectivity index (χ0n) is 13.5. The Labute approximate surface area is 118 Å². The number of guanidine groups is 1. The molecule has 0 rings (SSSR count). The summed E-state index contributed by atoms with van der Waals surface area (Å²) in [5.41, 5.74) is 0.